The van der Waals surface area contributed by atoms with Crippen molar-refractivity contribution in [1.29, 1.82) is 0 Å². The van der Waals surface area contributed by atoms with Crippen molar-refractivity contribution < 1.29 is 9.15 Å². The van der Waals surface area contributed by atoms with Gasteiger partial charge in [-0.05, 0) is 29.8 Å². The van der Waals surface area contributed by atoms with Crippen LogP contribution >= 0.6 is 0 Å². The van der Waals surface area contributed by atoms with Crippen molar-refractivity contribution in [3.63, 3.8) is 0 Å². The normalized spacial score (nSPS) is 10.3. The number of rotatable bonds is 3. The fourth-order valence-electron chi connectivity index (χ4n) is 2.16. The summed E-state index contributed by atoms with van der Waals surface area (Å²) in [6, 6.07) is 20.5. The number of hydrogen-bond acceptors (Lipinski definition) is 3. The summed E-state index contributed by atoms with van der Waals surface area (Å²) >= 11 is 0. The maximum absolute atomic E-state index is 12.2. The molecule has 0 bridgehead atoms. The van der Waals surface area contributed by atoms with Crippen LogP contribution in [0.5, 0.6) is 5.75 Å². The molecule has 104 valence electrons. The second kappa shape index (κ2) is 5.67. The summed E-state index contributed by atoms with van der Waals surface area (Å²) in [6.07, 6.45) is 0. The SMILES string of the molecule is COc1ccc(-c2ccc(-c3ccccc3)oc2=O)cc1. The van der Waals surface area contributed by atoms with Crippen LogP contribution in [0.4, 0.5) is 0 Å². The van der Waals surface area contributed by atoms with Crippen molar-refractivity contribution >= 4 is 0 Å². The summed E-state index contributed by atoms with van der Waals surface area (Å²) in [6.45, 7) is 0. The van der Waals surface area contributed by atoms with Gasteiger partial charge in [0, 0.05) is 5.56 Å². The second-order valence-electron chi connectivity index (χ2n) is 4.60. The van der Waals surface area contributed by atoms with Gasteiger partial charge >= 0.3 is 5.63 Å². The van der Waals surface area contributed by atoms with E-state index in [2.05, 4.69) is 0 Å². The van der Waals surface area contributed by atoms with Gasteiger partial charge in [0.2, 0.25) is 0 Å². The van der Waals surface area contributed by atoms with E-state index < -0.39 is 0 Å². The third-order valence-corrected chi connectivity index (χ3v) is 3.28. The zero-order valence-corrected chi connectivity index (χ0v) is 11.6. The Morgan fingerprint density at radius 3 is 2.14 bits per heavy atom. The van der Waals surface area contributed by atoms with E-state index in [1.54, 1.807) is 13.2 Å². The first-order chi connectivity index (χ1) is 10.3. The van der Waals surface area contributed by atoms with Gasteiger partial charge in [0.1, 0.15) is 11.5 Å². The van der Waals surface area contributed by atoms with Crippen LogP contribution in [0.25, 0.3) is 22.5 Å². The number of hydrogen-bond donors (Lipinski definition) is 0. The molecule has 21 heavy (non-hydrogen) atoms. The highest BCUT2D eigenvalue weighted by molar-refractivity contribution is 5.65. The fraction of sp³-hybridized carbons (Fsp3) is 0.0556. The predicted octanol–water partition coefficient (Wildman–Crippen LogP) is 3.98. The lowest BCUT2D eigenvalue weighted by Gasteiger charge is -2.04. The Morgan fingerprint density at radius 2 is 1.52 bits per heavy atom. The Bertz CT molecular complexity index is 787. The van der Waals surface area contributed by atoms with E-state index in [9.17, 15) is 4.79 Å². The van der Waals surface area contributed by atoms with Gasteiger partial charge in [-0.3, -0.25) is 0 Å². The lowest BCUT2D eigenvalue weighted by molar-refractivity contribution is 0.415. The van der Waals surface area contributed by atoms with Crippen LogP contribution in [0.2, 0.25) is 0 Å². The minimum Gasteiger partial charge on any atom is -0.497 e. The average molecular weight is 278 g/mol. The van der Waals surface area contributed by atoms with Crippen molar-refractivity contribution in [3.8, 4) is 28.2 Å². The first-order valence-electron chi connectivity index (χ1n) is 6.62. The fourth-order valence-corrected chi connectivity index (χ4v) is 2.16. The summed E-state index contributed by atoms with van der Waals surface area (Å²) in [7, 11) is 1.61. The van der Waals surface area contributed by atoms with E-state index in [-0.39, 0.29) is 5.63 Å². The first-order valence-corrected chi connectivity index (χ1v) is 6.62. The van der Waals surface area contributed by atoms with Gasteiger partial charge in [0.25, 0.3) is 0 Å². The smallest absolute Gasteiger partial charge is 0.344 e. The van der Waals surface area contributed by atoms with E-state index in [1.165, 1.54) is 0 Å². The van der Waals surface area contributed by atoms with Crippen LogP contribution in [0.3, 0.4) is 0 Å². The van der Waals surface area contributed by atoms with Crippen LogP contribution in [-0.4, -0.2) is 7.11 Å². The highest BCUT2D eigenvalue weighted by Crippen LogP contribution is 2.23. The zero-order chi connectivity index (χ0) is 14.7. The van der Waals surface area contributed by atoms with Crippen molar-refractivity contribution in [2.24, 2.45) is 0 Å². The molecule has 0 radical (unpaired) electrons. The Labute approximate surface area is 122 Å². The number of benzene rings is 2. The number of ether oxygens (including phenoxy) is 1. The van der Waals surface area contributed by atoms with Crippen LogP contribution in [0, 0.1) is 0 Å². The summed E-state index contributed by atoms with van der Waals surface area (Å²) in [4.78, 5) is 12.2. The molecule has 3 rings (SSSR count). The molecule has 0 spiro atoms. The van der Waals surface area contributed by atoms with Gasteiger partial charge in [-0.25, -0.2) is 4.79 Å². The van der Waals surface area contributed by atoms with Crippen LogP contribution in [-0.2, 0) is 0 Å². The summed E-state index contributed by atoms with van der Waals surface area (Å²) in [5, 5.41) is 0. The van der Waals surface area contributed by atoms with E-state index in [4.69, 9.17) is 9.15 Å². The molecule has 0 saturated carbocycles. The molecule has 0 N–H and O–H groups in total. The molecule has 3 nitrogen and oxygen atoms in total. The van der Waals surface area contributed by atoms with E-state index in [1.807, 2.05) is 60.7 Å². The molecule has 3 aromatic rings. The first kappa shape index (κ1) is 13.2. The van der Waals surface area contributed by atoms with E-state index in [0.29, 0.717) is 11.3 Å². The lowest BCUT2D eigenvalue weighted by atomic mass is 10.1. The Kier molecular flexibility index (Phi) is 3.56. The van der Waals surface area contributed by atoms with Crippen molar-refractivity contribution in [2.45, 2.75) is 0 Å². The summed E-state index contributed by atoms with van der Waals surface area (Å²) in [5.74, 6) is 1.32. The van der Waals surface area contributed by atoms with Gasteiger partial charge in [-0.15, -0.1) is 0 Å². The molecule has 1 aromatic heterocycles. The van der Waals surface area contributed by atoms with Crippen LogP contribution in [0.15, 0.2) is 75.9 Å². The highest BCUT2D eigenvalue weighted by Gasteiger charge is 2.07. The molecule has 0 atom stereocenters. The molecule has 0 fully saturated rings. The quantitative estimate of drug-likeness (QED) is 0.727. The molecule has 0 unspecified atom stereocenters. The van der Waals surface area contributed by atoms with Crippen LogP contribution in [0.1, 0.15) is 0 Å². The molecule has 0 aliphatic carbocycles. The Balaban J connectivity index is 2.00. The maximum atomic E-state index is 12.2. The predicted molar refractivity (Wildman–Crippen MR) is 82.4 cm³/mol. The molecule has 3 heteroatoms. The van der Waals surface area contributed by atoms with E-state index >= 15 is 0 Å². The Morgan fingerprint density at radius 1 is 0.810 bits per heavy atom. The largest absolute Gasteiger partial charge is 0.497 e. The highest BCUT2D eigenvalue weighted by atomic mass is 16.5. The van der Waals surface area contributed by atoms with Gasteiger partial charge in [-0.1, -0.05) is 42.5 Å². The van der Waals surface area contributed by atoms with Gasteiger partial charge in [-0.2, -0.15) is 0 Å². The zero-order valence-electron chi connectivity index (χ0n) is 11.6. The van der Waals surface area contributed by atoms with Crippen molar-refractivity contribution in [1.82, 2.24) is 0 Å². The standard InChI is InChI=1S/C18H14O3/c1-20-15-9-7-13(8-10-15)16-11-12-17(21-18(16)19)14-5-3-2-4-6-14/h2-12H,1H3. The van der Waals surface area contributed by atoms with Gasteiger partial charge in [0.05, 0.1) is 12.7 Å². The third kappa shape index (κ3) is 2.72. The van der Waals surface area contributed by atoms with Gasteiger partial charge in [0.15, 0.2) is 0 Å². The van der Waals surface area contributed by atoms with Crippen LogP contribution < -0.4 is 10.4 Å². The molecule has 0 aliphatic rings. The summed E-state index contributed by atoms with van der Waals surface area (Å²) < 4.78 is 10.5. The molecule has 0 saturated heterocycles. The van der Waals surface area contributed by atoms with Crippen molar-refractivity contribution in [3.05, 3.63) is 77.2 Å². The van der Waals surface area contributed by atoms with E-state index in [0.717, 1.165) is 16.9 Å². The minimum atomic E-state index is -0.346. The molecule has 2 aromatic carbocycles. The molecule has 1 heterocycles. The maximum Gasteiger partial charge on any atom is 0.344 e. The Hall–Kier alpha value is -2.81. The van der Waals surface area contributed by atoms with Crippen molar-refractivity contribution in [2.75, 3.05) is 7.11 Å². The minimum absolute atomic E-state index is 0.346. The molecule has 0 amide bonds. The second-order valence-corrected chi connectivity index (χ2v) is 4.60. The molecular weight excluding hydrogens is 264 g/mol. The third-order valence-electron chi connectivity index (χ3n) is 3.28. The average Bonchev–Trinajstić information content (AvgIpc) is 2.56. The monoisotopic (exact) mass is 278 g/mol. The number of methoxy groups -OCH3 is 1. The lowest BCUT2D eigenvalue weighted by Crippen LogP contribution is -2.03. The molecule has 0 aliphatic heterocycles. The summed E-state index contributed by atoms with van der Waals surface area (Å²) in [5.41, 5.74) is 1.89. The topological polar surface area (TPSA) is 39.4 Å². The van der Waals surface area contributed by atoms with Gasteiger partial charge < -0.3 is 9.15 Å². The molecular formula is C18H14O3.